The summed E-state index contributed by atoms with van der Waals surface area (Å²) in [5, 5.41) is 13.1. The van der Waals surface area contributed by atoms with Crippen LogP contribution < -0.4 is 4.90 Å². The molecule has 0 aliphatic carbocycles. The van der Waals surface area contributed by atoms with Crippen molar-refractivity contribution in [1.82, 2.24) is 4.57 Å². The van der Waals surface area contributed by atoms with E-state index >= 15 is 0 Å². The molecule has 0 unspecified atom stereocenters. The van der Waals surface area contributed by atoms with E-state index in [9.17, 15) is 5.11 Å². The molecular formula is C19H23N2O+. The number of quaternary nitrogens is 1. The van der Waals surface area contributed by atoms with E-state index in [-0.39, 0.29) is 6.10 Å². The van der Waals surface area contributed by atoms with Crippen molar-refractivity contribution in [1.29, 1.82) is 0 Å². The first-order valence-corrected chi connectivity index (χ1v) is 8.30. The number of benzene rings is 2. The Kier molecular flexibility index (Phi) is 3.60. The van der Waals surface area contributed by atoms with Crippen LogP contribution in [0.15, 0.2) is 48.5 Å². The van der Waals surface area contributed by atoms with Gasteiger partial charge in [0, 0.05) is 34.6 Å². The van der Waals surface area contributed by atoms with Crippen LogP contribution in [0.5, 0.6) is 0 Å². The van der Waals surface area contributed by atoms with Gasteiger partial charge < -0.3 is 14.6 Å². The van der Waals surface area contributed by atoms with E-state index in [1.165, 1.54) is 47.7 Å². The molecule has 3 nitrogen and oxygen atoms in total. The molecule has 0 saturated carbocycles. The lowest BCUT2D eigenvalue weighted by molar-refractivity contribution is -0.890. The summed E-state index contributed by atoms with van der Waals surface area (Å²) in [4.78, 5) is 1.55. The fraction of sp³-hybridized carbons (Fsp3) is 0.368. The predicted octanol–water partition coefficient (Wildman–Crippen LogP) is 1.83. The highest BCUT2D eigenvalue weighted by molar-refractivity contribution is 6.07. The van der Waals surface area contributed by atoms with Crippen molar-refractivity contribution in [3.05, 3.63) is 48.5 Å². The van der Waals surface area contributed by atoms with E-state index < -0.39 is 0 Å². The fourth-order valence-electron chi connectivity index (χ4n) is 3.89. The third-order valence-corrected chi connectivity index (χ3v) is 4.91. The largest absolute Gasteiger partial charge is 0.385 e. The molecule has 1 atom stereocenters. The molecule has 0 amide bonds. The van der Waals surface area contributed by atoms with Crippen molar-refractivity contribution in [3.63, 3.8) is 0 Å². The van der Waals surface area contributed by atoms with Gasteiger partial charge in [-0.1, -0.05) is 36.4 Å². The van der Waals surface area contributed by atoms with Crippen LogP contribution in [0.4, 0.5) is 0 Å². The highest BCUT2D eigenvalue weighted by Gasteiger charge is 2.20. The predicted molar refractivity (Wildman–Crippen MR) is 90.2 cm³/mol. The van der Waals surface area contributed by atoms with Crippen molar-refractivity contribution in [2.45, 2.75) is 25.5 Å². The van der Waals surface area contributed by atoms with Crippen LogP contribution in [0.3, 0.4) is 0 Å². The second-order valence-corrected chi connectivity index (χ2v) is 6.46. The van der Waals surface area contributed by atoms with Gasteiger partial charge in [-0.15, -0.1) is 0 Å². The second-order valence-electron chi connectivity index (χ2n) is 6.46. The number of hydrogen-bond donors (Lipinski definition) is 2. The van der Waals surface area contributed by atoms with E-state index in [2.05, 4.69) is 53.1 Å². The van der Waals surface area contributed by atoms with E-state index in [1.807, 2.05) is 0 Å². The molecular weight excluding hydrogens is 272 g/mol. The second kappa shape index (κ2) is 5.75. The van der Waals surface area contributed by atoms with Crippen LogP contribution in [0.1, 0.15) is 12.8 Å². The molecule has 2 aromatic carbocycles. The van der Waals surface area contributed by atoms with Gasteiger partial charge in [0.25, 0.3) is 0 Å². The van der Waals surface area contributed by atoms with E-state index in [4.69, 9.17) is 0 Å². The third-order valence-electron chi connectivity index (χ3n) is 4.91. The van der Waals surface area contributed by atoms with Crippen LogP contribution in [-0.4, -0.2) is 35.4 Å². The molecule has 1 fully saturated rings. The quantitative estimate of drug-likeness (QED) is 0.756. The summed E-state index contributed by atoms with van der Waals surface area (Å²) in [6, 6.07) is 17.0. The summed E-state index contributed by atoms with van der Waals surface area (Å²) in [6.45, 7) is 3.97. The zero-order valence-corrected chi connectivity index (χ0v) is 12.8. The summed E-state index contributed by atoms with van der Waals surface area (Å²) in [7, 11) is 0. The summed E-state index contributed by atoms with van der Waals surface area (Å²) in [6.07, 6.45) is 2.32. The summed E-state index contributed by atoms with van der Waals surface area (Å²) in [5.74, 6) is 0. The molecule has 114 valence electrons. The van der Waals surface area contributed by atoms with Gasteiger partial charge >= 0.3 is 0 Å². The van der Waals surface area contributed by atoms with Crippen LogP contribution in [0, 0.1) is 0 Å². The Morgan fingerprint density at radius 1 is 0.909 bits per heavy atom. The SMILES string of the molecule is O[C@@H](Cn1c2ccccc2c2ccccc21)C[NH+]1CCCC1. The van der Waals surface area contributed by atoms with Crippen LogP contribution in [-0.2, 0) is 6.54 Å². The average Bonchev–Trinajstić information content (AvgIpc) is 3.15. The molecule has 2 heterocycles. The highest BCUT2D eigenvalue weighted by Crippen LogP contribution is 2.28. The lowest BCUT2D eigenvalue weighted by Crippen LogP contribution is -3.11. The molecule has 1 aliphatic heterocycles. The zero-order valence-electron chi connectivity index (χ0n) is 12.8. The van der Waals surface area contributed by atoms with Gasteiger partial charge in [-0.2, -0.15) is 0 Å². The van der Waals surface area contributed by atoms with Crippen molar-refractivity contribution in [2.24, 2.45) is 0 Å². The van der Waals surface area contributed by atoms with Gasteiger partial charge in [0.05, 0.1) is 19.6 Å². The number of aromatic nitrogens is 1. The van der Waals surface area contributed by atoms with Crippen molar-refractivity contribution in [2.75, 3.05) is 19.6 Å². The van der Waals surface area contributed by atoms with Crippen LogP contribution >= 0.6 is 0 Å². The number of aliphatic hydroxyl groups is 1. The number of fused-ring (bicyclic) bond motifs is 3. The number of para-hydroxylation sites is 2. The van der Waals surface area contributed by atoms with Gasteiger partial charge in [0.1, 0.15) is 12.6 Å². The number of rotatable bonds is 4. The van der Waals surface area contributed by atoms with Crippen LogP contribution in [0.2, 0.25) is 0 Å². The molecule has 0 radical (unpaired) electrons. The Bertz CT molecular complexity index is 733. The van der Waals surface area contributed by atoms with Crippen molar-refractivity contribution >= 4 is 21.8 Å². The Morgan fingerprint density at radius 2 is 1.45 bits per heavy atom. The van der Waals surface area contributed by atoms with E-state index in [0.717, 1.165) is 6.54 Å². The van der Waals surface area contributed by atoms with E-state index in [0.29, 0.717) is 6.54 Å². The maximum Gasteiger partial charge on any atom is 0.121 e. The minimum atomic E-state index is -0.285. The van der Waals surface area contributed by atoms with Gasteiger partial charge in [-0.25, -0.2) is 0 Å². The van der Waals surface area contributed by atoms with Gasteiger partial charge in [-0.3, -0.25) is 0 Å². The lowest BCUT2D eigenvalue weighted by Gasteiger charge is -2.18. The van der Waals surface area contributed by atoms with Crippen molar-refractivity contribution < 1.29 is 10.0 Å². The molecule has 22 heavy (non-hydrogen) atoms. The number of hydrogen-bond acceptors (Lipinski definition) is 1. The Morgan fingerprint density at radius 3 is 2.05 bits per heavy atom. The third kappa shape index (κ3) is 2.40. The normalized spacial score (nSPS) is 17.5. The fourth-order valence-corrected chi connectivity index (χ4v) is 3.89. The lowest BCUT2D eigenvalue weighted by atomic mass is 10.2. The summed E-state index contributed by atoms with van der Waals surface area (Å²) < 4.78 is 2.28. The first kappa shape index (κ1) is 13.8. The first-order valence-electron chi connectivity index (χ1n) is 8.30. The molecule has 0 bridgehead atoms. The Labute approximate surface area is 130 Å². The average molecular weight is 295 g/mol. The first-order chi connectivity index (χ1) is 10.8. The standard InChI is InChI=1S/C19H22N2O/c22-15(13-20-11-5-6-12-20)14-21-18-9-3-1-7-16(18)17-8-2-4-10-19(17)21/h1-4,7-10,15,22H,5-6,11-14H2/p+1/t15-/m1/s1. The summed E-state index contributed by atoms with van der Waals surface area (Å²) in [5.41, 5.74) is 2.44. The molecule has 4 rings (SSSR count). The molecule has 2 N–H and O–H groups in total. The molecule has 3 heteroatoms. The molecule has 3 aromatic rings. The zero-order chi connectivity index (χ0) is 14.9. The number of aliphatic hydroxyl groups excluding tert-OH is 1. The monoisotopic (exact) mass is 295 g/mol. The van der Waals surface area contributed by atoms with E-state index in [1.54, 1.807) is 4.90 Å². The summed E-state index contributed by atoms with van der Waals surface area (Å²) >= 11 is 0. The molecule has 1 aliphatic rings. The van der Waals surface area contributed by atoms with Crippen molar-refractivity contribution in [3.8, 4) is 0 Å². The Balaban J connectivity index is 1.69. The molecule has 1 aromatic heterocycles. The maximum atomic E-state index is 10.6. The van der Waals surface area contributed by atoms with Crippen LogP contribution in [0.25, 0.3) is 21.8 Å². The Hall–Kier alpha value is -1.84. The van der Waals surface area contributed by atoms with Gasteiger partial charge in [0.2, 0.25) is 0 Å². The minimum Gasteiger partial charge on any atom is -0.385 e. The smallest absolute Gasteiger partial charge is 0.121 e. The number of nitrogens with zero attached hydrogens (tertiary/aromatic N) is 1. The highest BCUT2D eigenvalue weighted by atomic mass is 16.3. The topological polar surface area (TPSA) is 29.6 Å². The maximum absolute atomic E-state index is 10.6. The van der Waals surface area contributed by atoms with Gasteiger partial charge in [-0.05, 0) is 12.1 Å². The molecule has 0 spiro atoms. The number of likely N-dealkylation sites (tertiary alicyclic amines) is 1. The molecule has 1 saturated heterocycles. The van der Waals surface area contributed by atoms with Gasteiger partial charge in [0.15, 0.2) is 0 Å². The minimum absolute atomic E-state index is 0.285. The number of nitrogens with one attached hydrogen (secondary N) is 1.